The number of hydrogen-bond acceptors (Lipinski definition) is 2. The summed E-state index contributed by atoms with van der Waals surface area (Å²) in [6, 6.07) is 0.361. The van der Waals surface area contributed by atoms with Crippen LogP contribution in [0, 0.1) is 5.92 Å². The molecule has 0 spiro atoms. The fourth-order valence-electron chi connectivity index (χ4n) is 1.53. The number of ether oxygens (including phenoxy) is 1. The minimum Gasteiger partial charge on any atom is -0.449 e. The first-order valence-electron chi connectivity index (χ1n) is 5.04. The van der Waals surface area contributed by atoms with Gasteiger partial charge in [-0.25, -0.2) is 4.79 Å². The van der Waals surface area contributed by atoms with E-state index >= 15 is 0 Å². The molecule has 1 aliphatic rings. The van der Waals surface area contributed by atoms with Crippen molar-refractivity contribution in [1.82, 2.24) is 4.90 Å². The summed E-state index contributed by atoms with van der Waals surface area (Å²) in [6.45, 7) is 7.55. The number of amides is 1. The molecule has 13 heavy (non-hydrogen) atoms. The molecule has 0 aromatic carbocycles. The first-order valence-corrected chi connectivity index (χ1v) is 5.04. The van der Waals surface area contributed by atoms with Crippen LogP contribution in [-0.4, -0.2) is 30.2 Å². The Bertz CT molecular complexity index is 180. The fraction of sp³-hybridized carbons (Fsp3) is 0.900. The molecule has 1 aliphatic heterocycles. The molecule has 1 atom stereocenters. The minimum atomic E-state index is -0.140. The lowest BCUT2D eigenvalue weighted by Gasteiger charge is -2.21. The molecule has 3 heteroatoms. The van der Waals surface area contributed by atoms with Crippen molar-refractivity contribution in [1.29, 1.82) is 0 Å². The molecular weight excluding hydrogens is 166 g/mol. The van der Waals surface area contributed by atoms with Crippen molar-refractivity contribution in [2.75, 3.05) is 13.2 Å². The predicted molar refractivity (Wildman–Crippen MR) is 51.6 cm³/mol. The zero-order valence-electron chi connectivity index (χ0n) is 8.75. The van der Waals surface area contributed by atoms with Crippen molar-refractivity contribution in [3.05, 3.63) is 0 Å². The SMILES string of the molecule is CC(C)COC(=O)N1CCCC1C. The maximum absolute atomic E-state index is 11.5. The van der Waals surface area contributed by atoms with Crippen molar-refractivity contribution in [2.24, 2.45) is 5.92 Å². The topological polar surface area (TPSA) is 29.5 Å². The van der Waals surface area contributed by atoms with E-state index < -0.39 is 0 Å². The highest BCUT2D eigenvalue weighted by Gasteiger charge is 2.26. The molecule has 1 heterocycles. The normalized spacial score (nSPS) is 22.5. The number of rotatable bonds is 2. The number of hydrogen-bond donors (Lipinski definition) is 0. The van der Waals surface area contributed by atoms with Gasteiger partial charge in [-0.2, -0.15) is 0 Å². The molecule has 0 bridgehead atoms. The van der Waals surface area contributed by atoms with Crippen LogP contribution in [0.1, 0.15) is 33.6 Å². The van der Waals surface area contributed by atoms with Crippen LogP contribution in [-0.2, 0) is 4.74 Å². The average molecular weight is 185 g/mol. The Kier molecular flexibility index (Phi) is 3.58. The Hall–Kier alpha value is -0.730. The van der Waals surface area contributed by atoms with Crippen LogP contribution in [0.4, 0.5) is 4.79 Å². The molecule has 0 aliphatic carbocycles. The zero-order chi connectivity index (χ0) is 9.84. The van der Waals surface area contributed by atoms with Crippen molar-refractivity contribution in [2.45, 2.75) is 39.7 Å². The second-order valence-electron chi connectivity index (χ2n) is 4.16. The Morgan fingerprint density at radius 3 is 2.77 bits per heavy atom. The quantitative estimate of drug-likeness (QED) is 0.660. The van der Waals surface area contributed by atoms with Crippen molar-refractivity contribution >= 4 is 6.09 Å². The van der Waals surface area contributed by atoms with Crippen LogP contribution < -0.4 is 0 Å². The molecule has 0 aromatic rings. The fourth-order valence-corrected chi connectivity index (χ4v) is 1.53. The van der Waals surface area contributed by atoms with Gasteiger partial charge >= 0.3 is 6.09 Å². The Morgan fingerprint density at radius 1 is 1.62 bits per heavy atom. The highest BCUT2D eigenvalue weighted by molar-refractivity contribution is 5.68. The molecule has 76 valence electrons. The minimum absolute atomic E-state index is 0.140. The summed E-state index contributed by atoms with van der Waals surface area (Å²) in [6.07, 6.45) is 2.08. The molecule has 1 amide bonds. The number of carbonyl (C=O) groups is 1. The molecule has 0 radical (unpaired) electrons. The molecule has 1 saturated heterocycles. The van der Waals surface area contributed by atoms with Crippen LogP contribution in [0.25, 0.3) is 0 Å². The predicted octanol–water partition coefficient (Wildman–Crippen LogP) is 2.26. The van der Waals surface area contributed by atoms with E-state index in [-0.39, 0.29) is 6.09 Å². The van der Waals surface area contributed by atoms with Crippen molar-refractivity contribution in [3.63, 3.8) is 0 Å². The lowest BCUT2D eigenvalue weighted by molar-refractivity contribution is 0.0904. The van der Waals surface area contributed by atoms with Gasteiger partial charge in [0, 0.05) is 12.6 Å². The first kappa shape index (κ1) is 10.4. The maximum Gasteiger partial charge on any atom is 0.410 e. The lowest BCUT2D eigenvalue weighted by Crippen LogP contribution is -2.34. The van der Waals surface area contributed by atoms with E-state index in [0.29, 0.717) is 18.6 Å². The summed E-state index contributed by atoms with van der Waals surface area (Å²) in [5, 5.41) is 0. The molecule has 0 aromatic heterocycles. The van der Waals surface area contributed by atoms with Crippen LogP contribution in [0.3, 0.4) is 0 Å². The van der Waals surface area contributed by atoms with E-state index in [1.54, 1.807) is 0 Å². The summed E-state index contributed by atoms with van der Waals surface area (Å²) < 4.78 is 5.14. The van der Waals surface area contributed by atoms with E-state index in [9.17, 15) is 4.79 Å². The molecule has 1 rings (SSSR count). The maximum atomic E-state index is 11.5. The van der Waals surface area contributed by atoms with E-state index in [1.807, 2.05) is 18.7 Å². The Labute approximate surface area is 80.1 Å². The summed E-state index contributed by atoms with van der Waals surface area (Å²) >= 11 is 0. The van der Waals surface area contributed by atoms with Crippen LogP contribution >= 0.6 is 0 Å². The van der Waals surface area contributed by atoms with Gasteiger partial charge in [0.15, 0.2) is 0 Å². The third-order valence-electron chi connectivity index (χ3n) is 2.33. The van der Waals surface area contributed by atoms with Crippen molar-refractivity contribution in [3.8, 4) is 0 Å². The lowest BCUT2D eigenvalue weighted by atomic mass is 10.2. The van der Waals surface area contributed by atoms with E-state index in [0.717, 1.165) is 19.4 Å². The Morgan fingerprint density at radius 2 is 2.31 bits per heavy atom. The number of carbonyl (C=O) groups excluding carboxylic acids is 1. The first-order chi connectivity index (χ1) is 6.11. The zero-order valence-corrected chi connectivity index (χ0v) is 8.75. The van der Waals surface area contributed by atoms with E-state index in [4.69, 9.17) is 4.74 Å². The van der Waals surface area contributed by atoms with E-state index in [1.165, 1.54) is 0 Å². The van der Waals surface area contributed by atoms with Crippen LogP contribution in [0.15, 0.2) is 0 Å². The third-order valence-corrected chi connectivity index (χ3v) is 2.33. The van der Waals surface area contributed by atoms with Gasteiger partial charge in [-0.05, 0) is 25.7 Å². The molecule has 0 saturated carbocycles. The van der Waals surface area contributed by atoms with Gasteiger partial charge in [-0.3, -0.25) is 0 Å². The van der Waals surface area contributed by atoms with Crippen LogP contribution in [0.5, 0.6) is 0 Å². The molecule has 3 nitrogen and oxygen atoms in total. The molecular formula is C10H19NO2. The van der Waals surface area contributed by atoms with Gasteiger partial charge in [0.2, 0.25) is 0 Å². The number of nitrogens with zero attached hydrogens (tertiary/aromatic N) is 1. The van der Waals surface area contributed by atoms with E-state index in [2.05, 4.69) is 6.92 Å². The second kappa shape index (κ2) is 4.49. The highest BCUT2D eigenvalue weighted by atomic mass is 16.6. The van der Waals surface area contributed by atoms with Gasteiger partial charge in [0.25, 0.3) is 0 Å². The van der Waals surface area contributed by atoms with Gasteiger partial charge < -0.3 is 9.64 Å². The van der Waals surface area contributed by atoms with Gasteiger partial charge in [0.05, 0.1) is 6.61 Å². The Balaban J connectivity index is 2.30. The summed E-state index contributed by atoms with van der Waals surface area (Å²) in [4.78, 5) is 13.3. The summed E-state index contributed by atoms with van der Waals surface area (Å²) in [5.74, 6) is 0.418. The van der Waals surface area contributed by atoms with Crippen molar-refractivity contribution < 1.29 is 9.53 Å². The monoisotopic (exact) mass is 185 g/mol. The van der Waals surface area contributed by atoms with Crippen LogP contribution in [0.2, 0.25) is 0 Å². The average Bonchev–Trinajstić information content (AvgIpc) is 2.47. The second-order valence-corrected chi connectivity index (χ2v) is 4.16. The van der Waals surface area contributed by atoms with Gasteiger partial charge in [-0.15, -0.1) is 0 Å². The summed E-state index contributed by atoms with van der Waals surface area (Å²) in [5.41, 5.74) is 0. The summed E-state index contributed by atoms with van der Waals surface area (Å²) in [7, 11) is 0. The van der Waals surface area contributed by atoms with Gasteiger partial charge in [0.1, 0.15) is 0 Å². The molecule has 1 unspecified atom stereocenters. The largest absolute Gasteiger partial charge is 0.449 e. The van der Waals surface area contributed by atoms with Gasteiger partial charge in [-0.1, -0.05) is 13.8 Å². The standard InChI is InChI=1S/C10H19NO2/c1-8(2)7-13-10(12)11-6-4-5-9(11)3/h8-9H,4-7H2,1-3H3. The smallest absolute Gasteiger partial charge is 0.410 e. The molecule has 1 fully saturated rings. The molecule has 0 N–H and O–H groups in total. The highest BCUT2D eigenvalue weighted by Crippen LogP contribution is 2.17. The third kappa shape index (κ3) is 2.90. The number of likely N-dealkylation sites (tertiary alicyclic amines) is 1.